The molecular weight excluding hydrogens is 204 g/mol. The number of ether oxygens (including phenoxy) is 1. The van der Waals surface area contributed by atoms with Crippen molar-refractivity contribution < 1.29 is 9.53 Å². The summed E-state index contributed by atoms with van der Waals surface area (Å²) in [5.41, 5.74) is 2.33. The predicted octanol–water partition coefficient (Wildman–Crippen LogP) is 1.91. The SMILES string of the molecule is Cc1nn(C)c(C)c1C(=O)C1=CCCCO1. The van der Waals surface area contributed by atoms with Crippen LogP contribution in [0, 0.1) is 13.8 Å². The summed E-state index contributed by atoms with van der Waals surface area (Å²) in [5.74, 6) is 0.438. The maximum absolute atomic E-state index is 12.2. The van der Waals surface area contributed by atoms with Crippen LogP contribution >= 0.6 is 0 Å². The molecule has 0 atom stereocenters. The molecule has 2 heterocycles. The van der Waals surface area contributed by atoms with Gasteiger partial charge in [0, 0.05) is 12.7 Å². The number of ketones is 1. The molecule has 1 aromatic rings. The molecule has 16 heavy (non-hydrogen) atoms. The molecule has 1 aromatic heterocycles. The third kappa shape index (κ3) is 1.75. The highest BCUT2D eigenvalue weighted by atomic mass is 16.5. The van der Waals surface area contributed by atoms with Crippen molar-refractivity contribution in [2.24, 2.45) is 7.05 Å². The lowest BCUT2D eigenvalue weighted by Crippen LogP contribution is -2.13. The number of carbonyl (C=O) groups is 1. The molecule has 0 fully saturated rings. The lowest BCUT2D eigenvalue weighted by atomic mass is 10.1. The molecule has 1 aliphatic heterocycles. The zero-order valence-corrected chi connectivity index (χ0v) is 9.91. The first kappa shape index (κ1) is 10.9. The van der Waals surface area contributed by atoms with E-state index in [0.717, 1.165) is 24.2 Å². The minimum absolute atomic E-state index is 0.0391. The van der Waals surface area contributed by atoms with E-state index in [9.17, 15) is 4.79 Å². The zero-order chi connectivity index (χ0) is 11.7. The van der Waals surface area contributed by atoms with Gasteiger partial charge in [0.2, 0.25) is 5.78 Å². The van der Waals surface area contributed by atoms with Crippen LogP contribution in [0.4, 0.5) is 0 Å². The number of aryl methyl sites for hydroxylation is 2. The summed E-state index contributed by atoms with van der Waals surface area (Å²) in [4.78, 5) is 12.2. The third-order valence-corrected chi connectivity index (χ3v) is 2.90. The molecule has 0 unspecified atom stereocenters. The predicted molar refractivity (Wildman–Crippen MR) is 60.3 cm³/mol. The van der Waals surface area contributed by atoms with E-state index < -0.39 is 0 Å². The number of aromatic nitrogens is 2. The van der Waals surface area contributed by atoms with Gasteiger partial charge in [0.15, 0.2) is 5.76 Å². The van der Waals surface area contributed by atoms with E-state index in [1.54, 1.807) is 4.68 Å². The molecule has 0 spiro atoms. The van der Waals surface area contributed by atoms with Crippen molar-refractivity contribution in [1.29, 1.82) is 0 Å². The van der Waals surface area contributed by atoms with Gasteiger partial charge in [-0.3, -0.25) is 9.48 Å². The molecule has 0 radical (unpaired) electrons. The third-order valence-electron chi connectivity index (χ3n) is 2.90. The second kappa shape index (κ2) is 4.12. The van der Waals surface area contributed by atoms with E-state index in [0.29, 0.717) is 17.9 Å². The van der Waals surface area contributed by atoms with Crippen LogP contribution in [-0.4, -0.2) is 22.2 Å². The van der Waals surface area contributed by atoms with E-state index >= 15 is 0 Å². The number of nitrogens with zero attached hydrogens (tertiary/aromatic N) is 2. The van der Waals surface area contributed by atoms with Crippen molar-refractivity contribution >= 4 is 5.78 Å². The van der Waals surface area contributed by atoms with Gasteiger partial charge in [-0.05, 0) is 32.8 Å². The van der Waals surface area contributed by atoms with Gasteiger partial charge in [-0.1, -0.05) is 0 Å². The molecule has 0 aromatic carbocycles. The maximum Gasteiger partial charge on any atom is 0.230 e. The number of allylic oxidation sites excluding steroid dienone is 2. The molecule has 86 valence electrons. The fraction of sp³-hybridized carbons (Fsp3) is 0.500. The van der Waals surface area contributed by atoms with Crippen LogP contribution in [0.15, 0.2) is 11.8 Å². The van der Waals surface area contributed by atoms with Crippen molar-refractivity contribution in [3.8, 4) is 0 Å². The number of Topliss-reactive ketones (excluding diaryl/α,β-unsaturated/α-hetero) is 1. The molecule has 0 saturated heterocycles. The lowest BCUT2D eigenvalue weighted by molar-refractivity contribution is 0.0897. The Morgan fingerprint density at radius 3 is 2.75 bits per heavy atom. The van der Waals surface area contributed by atoms with Gasteiger partial charge in [-0.15, -0.1) is 0 Å². The van der Waals surface area contributed by atoms with E-state index in [4.69, 9.17) is 4.74 Å². The summed E-state index contributed by atoms with van der Waals surface area (Å²) >= 11 is 0. The van der Waals surface area contributed by atoms with Gasteiger partial charge in [-0.2, -0.15) is 5.10 Å². The molecule has 0 saturated carbocycles. The molecule has 0 bridgehead atoms. The molecule has 4 nitrogen and oxygen atoms in total. The summed E-state index contributed by atoms with van der Waals surface area (Å²) in [5, 5.41) is 4.24. The summed E-state index contributed by atoms with van der Waals surface area (Å²) in [6.07, 6.45) is 3.78. The average molecular weight is 220 g/mol. The van der Waals surface area contributed by atoms with Crippen LogP contribution < -0.4 is 0 Å². The van der Waals surface area contributed by atoms with Crippen molar-refractivity contribution in [3.05, 3.63) is 28.8 Å². The van der Waals surface area contributed by atoms with Crippen LogP contribution in [0.2, 0.25) is 0 Å². The standard InChI is InChI=1S/C12H16N2O2/c1-8-11(9(2)14(3)13-8)12(15)10-6-4-5-7-16-10/h6H,4-5,7H2,1-3H3. The molecule has 2 rings (SSSR count). The quantitative estimate of drug-likeness (QED) is 0.715. The summed E-state index contributed by atoms with van der Waals surface area (Å²) < 4.78 is 7.12. The minimum Gasteiger partial charge on any atom is -0.490 e. The van der Waals surface area contributed by atoms with Crippen LogP contribution in [0.5, 0.6) is 0 Å². The van der Waals surface area contributed by atoms with Crippen LogP contribution in [-0.2, 0) is 11.8 Å². The topological polar surface area (TPSA) is 44.1 Å². The van der Waals surface area contributed by atoms with Gasteiger partial charge in [0.1, 0.15) is 0 Å². The van der Waals surface area contributed by atoms with Crippen molar-refractivity contribution in [2.75, 3.05) is 6.61 Å². The lowest BCUT2D eigenvalue weighted by Gasteiger charge is -2.13. The summed E-state index contributed by atoms with van der Waals surface area (Å²) in [6, 6.07) is 0. The van der Waals surface area contributed by atoms with E-state index in [1.165, 1.54) is 0 Å². The Labute approximate surface area is 94.9 Å². The highest BCUT2D eigenvalue weighted by molar-refractivity contribution is 6.08. The van der Waals surface area contributed by atoms with E-state index in [-0.39, 0.29) is 5.78 Å². The number of hydrogen-bond donors (Lipinski definition) is 0. The summed E-state index contributed by atoms with van der Waals surface area (Å²) in [7, 11) is 1.84. The van der Waals surface area contributed by atoms with Gasteiger partial charge >= 0.3 is 0 Å². The fourth-order valence-electron chi connectivity index (χ4n) is 1.94. The van der Waals surface area contributed by atoms with E-state index in [1.807, 2.05) is 27.0 Å². The largest absolute Gasteiger partial charge is 0.490 e. The first-order valence-corrected chi connectivity index (χ1v) is 5.49. The molecule has 0 aliphatic carbocycles. The molecule has 4 heteroatoms. The fourth-order valence-corrected chi connectivity index (χ4v) is 1.94. The first-order valence-electron chi connectivity index (χ1n) is 5.49. The van der Waals surface area contributed by atoms with Crippen LogP contribution in [0.1, 0.15) is 34.6 Å². The van der Waals surface area contributed by atoms with Crippen LogP contribution in [0.25, 0.3) is 0 Å². The van der Waals surface area contributed by atoms with Crippen molar-refractivity contribution in [3.63, 3.8) is 0 Å². The zero-order valence-electron chi connectivity index (χ0n) is 9.91. The second-order valence-electron chi connectivity index (χ2n) is 4.06. The van der Waals surface area contributed by atoms with Crippen LogP contribution in [0.3, 0.4) is 0 Å². The Hall–Kier alpha value is -1.58. The van der Waals surface area contributed by atoms with Crippen molar-refractivity contribution in [2.45, 2.75) is 26.7 Å². The molecule has 1 aliphatic rings. The normalized spacial score (nSPS) is 15.6. The first-order chi connectivity index (χ1) is 7.61. The van der Waals surface area contributed by atoms with E-state index in [2.05, 4.69) is 5.10 Å². The van der Waals surface area contributed by atoms with Gasteiger partial charge in [0.05, 0.1) is 17.9 Å². The second-order valence-corrected chi connectivity index (χ2v) is 4.06. The van der Waals surface area contributed by atoms with Gasteiger partial charge < -0.3 is 4.74 Å². The van der Waals surface area contributed by atoms with Crippen molar-refractivity contribution in [1.82, 2.24) is 9.78 Å². The smallest absolute Gasteiger partial charge is 0.230 e. The Bertz CT molecular complexity index is 458. The minimum atomic E-state index is -0.0391. The molecule has 0 amide bonds. The highest BCUT2D eigenvalue weighted by Crippen LogP contribution is 2.20. The monoisotopic (exact) mass is 220 g/mol. The Kier molecular flexibility index (Phi) is 2.81. The Morgan fingerprint density at radius 1 is 1.50 bits per heavy atom. The highest BCUT2D eigenvalue weighted by Gasteiger charge is 2.22. The average Bonchev–Trinajstić information content (AvgIpc) is 2.54. The number of carbonyl (C=O) groups excluding carboxylic acids is 1. The number of rotatable bonds is 2. The molecular formula is C12H16N2O2. The Morgan fingerprint density at radius 2 is 2.25 bits per heavy atom. The Balaban J connectivity index is 2.37. The van der Waals surface area contributed by atoms with Gasteiger partial charge in [0.25, 0.3) is 0 Å². The van der Waals surface area contributed by atoms with Gasteiger partial charge in [-0.25, -0.2) is 0 Å². The summed E-state index contributed by atoms with van der Waals surface area (Å²) in [6.45, 7) is 4.39. The molecule has 0 N–H and O–H groups in total. The maximum atomic E-state index is 12.2. The number of hydrogen-bond acceptors (Lipinski definition) is 3.